The maximum atomic E-state index is 12.6. The Morgan fingerprint density at radius 2 is 2.11 bits per heavy atom. The van der Waals surface area contributed by atoms with E-state index in [1.165, 1.54) is 9.75 Å². The van der Waals surface area contributed by atoms with Crippen molar-refractivity contribution in [3.05, 3.63) is 33.3 Å². The lowest BCUT2D eigenvalue weighted by molar-refractivity contribution is -0.137. The van der Waals surface area contributed by atoms with Crippen LogP contribution in [0.3, 0.4) is 0 Å². The smallest absolute Gasteiger partial charge is 0.239 e. The van der Waals surface area contributed by atoms with Gasteiger partial charge in [0.2, 0.25) is 11.8 Å². The fourth-order valence-electron chi connectivity index (χ4n) is 3.09. The fraction of sp³-hybridized carbons (Fsp3) is 0.556. The molecule has 2 aromatic heterocycles. The van der Waals surface area contributed by atoms with Gasteiger partial charge in [0.1, 0.15) is 17.4 Å². The minimum atomic E-state index is -0.343. The molecule has 8 nitrogen and oxygen atoms in total. The summed E-state index contributed by atoms with van der Waals surface area (Å²) in [7, 11) is 1.92. The number of rotatable bonds is 6. The highest BCUT2D eigenvalue weighted by Gasteiger charge is 2.32. The molecule has 1 N–H and O–H groups in total. The Morgan fingerprint density at radius 3 is 2.78 bits per heavy atom. The molecule has 1 aliphatic heterocycles. The van der Waals surface area contributed by atoms with E-state index < -0.39 is 0 Å². The van der Waals surface area contributed by atoms with Crippen LogP contribution < -0.4 is 5.32 Å². The average molecular weight is 391 g/mol. The normalized spacial score (nSPS) is 17.9. The van der Waals surface area contributed by atoms with E-state index in [9.17, 15) is 9.59 Å². The number of carbonyl (C=O) groups is 2. The summed E-state index contributed by atoms with van der Waals surface area (Å²) in [5.74, 6) is -0.101. The number of carbonyl (C=O) groups excluding carboxylic acids is 2. The number of aromatic nitrogens is 2. The van der Waals surface area contributed by atoms with Gasteiger partial charge >= 0.3 is 0 Å². The van der Waals surface area contributed by atoms with Crippen LogP contribution in [0.5, 0.6) is 0 Å². The van der Waals surface area contributed by atoms with E-state index in [1.807, 2.05) is 11.9 Å². The lowest BCUT2D eigenvalue weighted by Crippen LogP contribution is -2.59. The number of aryl methyl sites for hydroxylation is 2. The van der Waals surface area contributed by atoms with E-state index in [2.05, 4.69) is 39.3 Å². The van der Waals surface area contributed by atoms with Crippen molar-refractivity contribution in [3.63, 3.8) is 0 Å². The van der Waals surface area contributed by atoms with Crippen molar-refractivity contribution in [2.75, 3.05) is 33.2 Å². The first-order valence-corrected chi connectivity index (χ1v) is 9.84. The van der Waals surface area contributed by atoms with Crippen molar-refractivity contribution >= 4 is 23.2 Å². The standard InChI is InChI=1S/C18H25N5O3S/c1-12-4-5-14(27-12)6-7-19-18(25)16-11-23(9-8-22(16)3)17(24)10-15-13(2)20-26-21-15/h4-5,16H,6-11H2,1-3H3,(H,19,25)/t16-/m0/s1. The van der Waals surface area contributed by atoms with Gasteiger partial charge in [0, 0.05) is 35.9 Å². The van der Waals surface area contributed by atoms with E-state index in [0.717, 1.165) is 6.42 Å². The molecule has 1 fully saturated rings. The minimum absolute atomic E-state index is 0.0393. The Hall–Kier alpha value is -2.26. The van der Waals surface area contributed by atoms with Crippen molar-refractivity contribution in [2.45, 2.75) is 32.7 Å². The number of likely N-dealkylation sites (N-methyl/N-ethyl adjacent to an activating group) is 1. The van der Waals surface area contributed by atoms with Crippen LogP contribution in [0.2, 0.25) is 0 Å². The van der Waals surface area contributed by atoms with Crippen LogP contribution in [0, 0.1) is 13.8 Å². The molecule has 146 valence electrons. The summed E-state index contributed by atoms with van der Waals surface area (Å²) in [5.41, 5.74) is 1.17. The molecule has 0 spiro atoms. The molecule has 1 atom stereocenters. The van der Waals surface area contributed by atoms with Crippen molar-refractivity contribution in [3.8, 4) is 0 Å². The van der Waals surface area contributed by atoms with Crippen LogP contribution in [0.25, 0.3) is 0 Å². The van der Waals surface area contributed by atoms with Crippen LogP contribution in [0.4, 0.5) is 0 Å². The minimum Gasteiger partial charge on any atom is -0.354 e. The number of hydrogen-bond donors (Lipinski definition) is 1. The van der Waals surface area contributed by atoms with Gasteiger partial charge in [0.15, 0.2) is 0 Å². The molecule has 0 bridgehead atoms. The van der Waals surface area contributed by atoms with E-state index in [0.29, 0.717) is 37.6 Å². The van der Waals surface area contributed by atoms with Crippen LogP contribution in [-0.2, 0) is 22.4 Å². The number of thiophene rings is 1. The summed E-state index contributed by atoms with van der Waals surface area (Å²) in [6.45, 7) is 6.06. The second-order valence-electron chi connectivity index (χ2n) is 6.86. The topological polar surface area (TPSA) is 91.6 Å². The summed E-state index contributed by atoms with van der Waals surface area (Å²) >= 11 is 1.75. The average Bonchev–Trinajstić information content (AvgIpc) is 3.23. The molecule has 27 heavy (non-hydrogen) atoms. The maximum absolute atomic E-state index is 12.6. The molecule has 0 unspecified atom stereocenters. The quantitative estimate of drug-likeness (QED) is 0.783. The number of amides is 2. The maximum Gasteiger partial charge on any atom is 0.239 e. The molecule has 3 heterocycles. The third-order valence-corrected chi connectivity index (χ3v) is 5.90. The number of nitrogens with zero attached hydrogens (tertiary/aromatic N) is 4. The largest absolute Gasteiger partial charge is 0.354 e. The Labute approximate surface area is 162 Å². The molecule has 9 heteroatoms. The van der Waals surface area contributed by atoms with E-state index >= 15 is 0 Å². The summed E-state index contributed by atoms with van der Waals surface area (Å²) < 4.78 is 4.65. The van der Waals surface area contributed by atoms with E-state index in [4.69, 9.17) is 0 Å². The highest BCUT2D eigenvalue weighted by Crippen LogP contribution is 2.15. The molecule has 1 aliphatic rings. The number of piperazine rings is 1. The highest BCUT2D eigenvalue weighted by atomic mass is 32.1. The Kier molecular flexibility index (Phi) is 6.22. The van der Waals surface area contributed by atoms with Gasteiger partial charge in [-0.25, -0.2) is 4.63 Å². The van der Waals surface area contributed by atoms with Crippen LogP contribution in [0.1, 0.15) is 21.1 Å². The van der Waals surface area contributed by atoms with Crippen molar-refractivity contribution in [1.29, 1.82) is 0 Å². The molecular weight excluding hydrogens is 366 g/mol. The van der Waals surface area contributed by atoms with Gasteiger partial charge in [-0.15, -0.1) is 11.3 Å². The Balaban J connectivity index is 1.52. The monoisotopic (exact) mass is 391 g/mol. The second-order valence-corrected chi connectivity index (χ2v) is 8.24. The van der Waals surface area contributed by atoms with Gasteiger partial charge in [-0.05, 0) is 39.4 Å². The van der Waals surface area contributed by atoms with E-state index in [1.54, 1.807) is 23.2 Å². The van der Waals surface area contributed by atoms with Crippen molar-refractivity contribution in [2.24, 2.45) is 0 Å². The third kappa shape index (κ3) is 4.92. The Bertz CT molecular complexity index is 803. The zero-order chi connectivity index (χ0) is 19.4. The second kappa shape index (κ2) is 8.62. The van der Waals surface area contributed by atoms with Crippen molar-refractivity contribution in [1.82, 2.24) is 25.4 Å². The number of hydrogen-bond acceptors (Lipinski definition) is 7. The van der Waals surface area contributed by atoms with Gasteiger partial charge in [-0.2, -0.15) is 0 Å². The molecular formula is C18H25N5O3S. The number of nitrogens with one attached hydrogen (secondary N) is 1. The van der Waals surface area contributed by atoms with Gasteiger partial charge < -0.3 is 10.2 Å². The first-order chi connectivity index (χ1) is 12.9. The molecule has 2 aromatic rings. The molecule has 0 saturated carbocycles. The summed E-state index contributed by atoms with van der Waals surface area (Å²) in [4.78, 5) is 31.4. The van der Waals surface area contributed by atoms with Crippen LogP contribution >= 0.6 is 11.3 Å². The zero-order valence-electron chi connectivity index (χ0n) is 15.9. The first kappa shape index (κ1) is 19.5. The first-order valence-electron chi connectivity index (χ1n) is 9.03. The SMILES string of the molecule is Cc1ccc(CCNC(=O)[C@@H]2CN(C(=O)Cc3nonc3C)CCN2C)s1. The van der Waals surface area contributed by atoms with Gasteiger partial charge in [-0.1, -0.05) is 10.3 Å². The van der Waals surface area contributed by atoms with Gasteiger partial charge in [0.05, 0.1) is 6.42 Å². The van der Waals surface area contributed by atoms with Crippen LogP contribution in [-0.4, -0.2) is 71.2 Å². The summed E-state index contributed by atoms with van der Waals surface area (Å²) in [5, 5.41) is 10.5. The molecule has 1 saturated heterocycles. The predicted molar refractivity (Wildman–Crippen MR) is 102 cm³/mol. The Morgan fingerprint density at radius 1 is 1.30 bits per heavy atom. The predicted octanol–water partition coefficient (Wildman–Crippen LogP) is 0.792. The molecule has 2 amide bonds. The summed E-state index contributed by atoms with van der Waals surface area (Å²) in [6, 6.07) is 3.84. The fourth-order valence-corrected chi connectivity index (χ4v) is 3.98. The van der Waals surface area contributed by atoms with Crippen LogP contribution in [0.15, 0.2) is 16.8 Å². The molecule has 3 rings (SSSR count). The van der Waals surface area contributed by atoms with Gasteiger partial charge in [-0.3, -0.25) is 14.5 Å². The highest BCUT2D eigenvalue weighted by molar-refractivity contribution is 7.11. The molecule has 0 aromatic carbocycles. The van der Waals surface area contributed by atoms with Crippen molar-refractivity contribution < 1.29 is 14.2 Å². The third-order valence-electron chi connectivity index (χ3n) is 4.84. The lowest BCUT2D eigenvalue weighted by Gasteiger charge is -2.38. The molecule has 0 radical (unpaired) electrons. The van der Waals surface area contributed by atoms with E-state index in [-0.39, 0.29) is 24.3 Å². The van der Waals surface area contributed by atoms with Gasteiger partial charge in [0.25, 0.3) is 0 Å². The summed E-state index contributed by atoms with van der Waals surface area (Å²) in [6.07, 6.45) is 0.965. The zero-order valence-corrected chi connectivity index (χ0v) is 16.7. The molecule has 0 aliphatic carbocycles. The lowest BCUT2D eigenvalue weighted by atomic mass is 10.1.